The molecular weight excluding hydrogens is 501 g/mol. The van der Waals surface area contributed by atoms with E-state index in [0.29, 0.717) is 5.56 Å². The quantitative estimate of drug-likeness (QED) is 0.275. The Bertz CT molecular complexity index is 710. The van der Waals surface area contributed by atoms with Gasteiger partial charge in [0.1, 0.15) is 0 Å². The van der Waals surface area contributed by atoms with Gasteiger partial charge in [-0.15, -0.1) is 0 Å². The minimum Gasteiger partial charge on any atom is -0.344 e. The van der Waals surface area contributed by atoms with Gasteiger partial charge in [-0.2, -0.15) is 0 Å². The van der Waals surface area contributed by atoms with Gasteiger partial charge >= 0.3 is 0 Å². The van der Waals surface area contributed by atoms with Crippen LogP contribution >= 0.6 is 17.7 Å². The monoisotopic (exact) mass is 516 g/mol. The Morgan fingerprint density at radius 2 is 1.52 bits per heavy atom. The summed E-state index contributed by atoms with van der Waals surface area (Å²) < 4.78 is 12.4. The van der Waals surface area contributed by atoms with Gasteiger partial charge in [-0.1, -0.05) is 59.9 Å². The molecule has 0 aliphatic carbocycles. The van der Waals surface area contributed by atoms with Crippen molar-refractivity contribution in [3.05, 3.63) is 72.9 Å². The van der Waals surface area contributed by atoms with Crippen LogP contribution in [0.3, 0.4) is 0 Å². The zero-order valence-corrected chi connectivity index (χ0v) is 16.8. The van der Waals surface area contributed by atoms with Gasteiger partial charge in [-0.25, -0.2) is 0 Å². The molecule has 4 nitrogen and oxygen atoms in total. The summed E-state index contributed by atoms with van der Waals surface area (Å²) >= 11 is 1.11. The van der Waals surface area contributed by atoms with Gasteiger partial charge in [0.15, 0.2) is 0 Å². The van der Waals surface area contributed by atoms with Crippen LogP contribution in [0.5, 0.6) is 0 Å². The second-order valence-corrected chi connectivity index (χ2v) is 9.72. The Kier molecular flexibility index (Phi) is 7.97. The number of nitrogens with one attached hydrogen (secondary N) is 1. The average Bonchev–Trinajstić information content (AvgIpc) is 2.53. The molecule has 2 aromatic rings. The molecule has 0 aliphatic rings. The number of amides is 1. The Labute approximate surface area is 153 Å². The second kappa shape index (κ2) is 9.22. The molecule has 0 saturated heterocycles. The van der Waals surface area contributed by atoms with Crippen molar-refractivity contribution in [2.24, 2.45) is 0 Å². The van der Waals surface area contributed by atoms with Crippen molar-refractivity contribution >= 4 is 29.4 Å². The number of hydrogen-bond donors (Lipinski definition) is 1. The normalized spacial score (nSPS) is 12.6. The fourth-order valence-corrected chi connectivity index (χ4v) is 4.72. The summed E-state index contributed by atoms with van der Waals surface area (Å²) in [5.74, 6) is -1.42. The number of ketones is 1. The number of carbonyl (C=O) groups excluding carboxylic acids is 2. The standard InChI is InChI=1S/C16H15NO3PS.W/c1-21(20,22-14-10-6-3-7-11-14)12-17-16(19)15(18)13-8-4-2-5-9-13;/h2-11H,1,12H2,(H,17,19);/q-1;. The molecule has 0 fully saturated rings. The van der Waals surface area contributed by atoms with Crippen LogP contribution in [0.2, 0.25) is 0 Å². The number of Topliss-reactive ketones (excluding diaryl/α,β-unsaturated/α-hetero) is 1. The van der Waals surface area contributed by atoms with Crippen LogP contribution in [-0.2, 0) is 30.4 Å². The molecule has 0 spiro atoms. The summed E-state index contributed by atoms with van der Waals surface area (Å²) in [6.45, 7) is 3.66. The van der Waals surface area contributed by atoms with Crippen LogP contribution in [0.15, 0.2) is 65.6 Å². The third-order valence-corrected chi connectivity index (χ3v) is 6.21. The molecule has 1 N–H and O–H groups in total. The summed E-state index contributed by atoms with van der Waals surface area (Å²) in [7, 11) is 0. The van der Waals surface area contributed by atoms with Crippen LogP contribution in [0.25, 0.3) is 0 Å². The van der Waals surface area contributed by atoms with Gasteiger partial charge in [0, 0.05) is 37.9 Å². The van der Waals surface area contributed by atoms with Crippen LogP contribution in [0, 0.1) is 6.66 Å². The van der Waals surface area contributed by atoms with Gasteiger partial charge in [-0.3, -0.25) is 16.3 Å². The fourth-order valence-electron chi connectivity index (χ4n) is 1.70. The van der Waals surface area contributed by atoms with E-state index < -0.39 is 18.0 Å². The molecule has 0 bridgehead atoms. The summed E-state index contributed by atoms with van der Waals surface area (Å²) in [5.41, 5.74) is 0.301. The van der Waals surface area contributed by atoms with Crippen molar-refractivity contribution in [1.29, 1.82) is 0 Å². The first kappa shape index (κ1) is 19.9. The second-order valence-electron chi connectivity index (χ2n) is 4.58. The fraction of sp³-hybridized carbons (Fsp3) is 0.0625. The molecule has 23 heavy (non-hydrogen) atoms. The van der Waals surface area contributed by atoms with Crippen molar-refractivity contribution in [2.45, 2.75) is 4.90 Å². The van der Waals surface area contributed by atoms with Crippen LogP contribution in [0.1, 0.15) is 10.4 Å². The predicted octanol–water partition coefficient (Wildman–Crippen LogP) is 3.80. The van der Waals surface area contributed by atoms with E-state index >= 15 is 0 Å². The SMILES string of the molecule is [CH2-]P(=O)(CNC(=O)C(=O)c1ccccc1)Sc1ccccc1.[W]. The zero-order valence-electron chi connectivity index (χ0n) is 12.2. The van der Waals surface area contributed by atoms with E-state index in [-0.39, 0.29) is 27.4 Å². The summed E-state index contributed by atoms with van der Waals surface area (Å²) in [6.07, 6.45) is -3.05. The maximum absolute atomic E-state index is 12.4. The van der Waals surface area contributed by atoms with Gasteiger partial charge in [0.2, 0.25) is 5.78 Å². The third kappa shape index (κ3) is 6.46. The minimum absolute atomic E-state index is 0. The molecule has 0 saturated carbocycles. The predicted molar refractivity (Wildman–Crippen MR) is 89.0 cm³/mol. The Morgan fingerprint density at radius 1 is 1.00 bits per heavy atom. The van der Waals surface area contributed by atoms with Crippen molar-refractivity contribution in [3.63, 3.8) is 0 Å². The van der Waals surface area contributed by atoms with Crippen molar-refractivity contribution in [2.75, 3.05) is 6.29 Å². The van der Waals surface area contributed by atoms with Crippen LogP contribution < -0.4 is 5.32 Å². The van der Waals surface area contributed by atoms with E-state index in [2.05, 4.69) is 12.0 Å². The molecule has 0 heterocycles. The molecular formula is C16H15NO3PSW-. The first-order valence-electron chi connectivity index (χ1n) is 6.53. The topological polar surface area (TPSA) is 63.2 Å². The van der Waals surface area contributed by atoms with Gasteiger partial charge in [-0.05, 0) is 12.1 Å². The largest absolute Gasteiger partial charge is 0.344 e. The maximum Gasteiger partial charge on any atom is 0.292 e. The maximum atomic E-state index is 12.4. The van der Waals surface area contributed by atoms with Gasteiger partial charge < -0.3 is 9.88 Å². The molecule has 1 atom stereocenters. The van der Waals surface area contributed by atoms with Crippen molar-refractivity contribution < 1.29 is 35.2 Å². The minimum atomic E-state index is -2.92. The molecule has 7 heteroatoms. The van der Waals surface area contributed by atoms with Crippen LogP contribution in [0.4, 0.5) is 0 Å². The number of carbonyl (C=O) groups is 2. The number of benzene rings is 2. The van der Waals surface area contributed by atoms with Crippen molar-refractivity contribution in [1.82, 2.24) is 5.32 Å². The van der Waals surface area contributed by atoms with Gasteiger partial charge in [0.05, 0.1) is 6.29 Å². The summed E-state index contributed by atoms with van der Waals surface area (Å²) in [4.78, 5) is 24.5. The first-order valence-corrected chi connectivity index (χ1v) is 10.0. The molecule has 0 radical (unpaired) electrons. The number of hydrogen-bond acceptors (Lipinski definition) is 4. The first-order chi connectivity index (χ1) is 10.5. The molecule has 120 valence electrons. The smallest absolute Gasteiger partial charge is 0.292 e. The molecule has 1 amide bonds. The molecule has 2 rings (SSSR count). The van der Waals surface area contributed by atoms with E-state index in [1.165, 1.54) is 0 Å². The Morgan fingerprint density at radius 3 is 2.09 bits per heavy atom. The Hall–Kier alpha value is -1.15. The summed E-state index contributed by atoms with van der Waals surface area (Å²) in [6, 6.07) is 17.4. The van der Waals surface area contributed by atoms with E-state index in [9.17, 15) is 14.2 Å². The Balaban J connectivity index is 0.00000264. The van der Waals surface area contributed by atoms with E-state index in [1.54, 1.807) is 30.3 Å². The molecule has 1 unspecified atom stereocenters. The van der Waals surface area contributed by atoms with Crippen LogP contribution in [-0.4, -0.2) is 18.0 Å². The average molecular weight is 516 g/mol. The zero-order chi connectivity index (χ0) is 16.0. The van der Waals surface area contributed by atoms with Gasteiger partial charge in [0.25, 0.3) is 5.91 Å². The van der Waals surface area contributed by atoms with Crippen molar-refractivity contribution in [3.8, 4) is 0 Å². The molecule has 0 aliphatic heterocycles. The molecule has 0 aromatic heterocycles. The number of rotatable bonds is 6. The van der Waals surface area contributed by atoms with E-state index in [4.69, 9.17) is 0 Å². The summed E-state index contributed by atoms with van der Waals surface area (Å²) in [5, 5.41) is 2.41. The third-order valence-electron chi connectivity index (χ3n) is 2.74. The van der Waals surface area contributed by atoms with E-state index in [1.807, 2.05) is 30.3 Å². The van der Waals surface area contributed by atoms with E-state index in [0.717, 1.165) is 16.3 Å². The molecule has 2 aromatic carbocycles.